The normalized spacial score (nSPS) is 18.1. The number of rotatable bonds is 6. The van der Waals surface area contributed by atoms with Crippen LogP contribution in [0.4, 0.5) is 0 Å². The minimum absolute atomic E-state index is 0.325. The molecule has 0 aliphatic heterocycles. The second-order valence-corrected chi connectivity index (χ2v) is 11.9. The zero-order chi connectivity index (χ0) is 29.3. The number of para-hydroxylation sites is 2. The van der Waals surface area contributed by atoms with E-state index in [0.717, 1.165) is 32.1 Å². The zero-order valence-corrected chi connectivity index (χ0v) is 24.9. The van der Waals surface area contributed by atoms with Gasteiger partial charge in [0.05, 0.1) is 17.1 Å². The van der Waals surface area contributed by atoms with E-state index in [4.69, 9.17) is 0 Å². The summed E-state index contributed by atoms with van der Waals surface area (Å²) in [5, 5.41) is 2.59. The third-order valence-corrected chi connectivity index (χ3v) is 9.33. The largest absolute Gasteiger partial charge is 0.342 e. The summed E-state index contributed by atoms with van der Waals surface area (Å²) in [5.41, 5.74) is 11.9. The molecule has 2 nitrogen and oxygen atoms in total. The fourth-order valence-electron chi connectivity index (χ4n) is 7.14. The van der Waals surface area contributed by atoms with Crippen LogP contribution in [0.25, 0.3) is 38.6 Å². The Labute approximate surface area is 260 Å². The van der Waals surface area contributed by atoms with Gasteiger partial charge in [0, 0.05) is 27.9 Å². The topological polar surface area (TPSA) is 8.17 Å². The molecule has 1 heterocycles. The monoisotopic (exact) mass is 568 g/mol. The molecule has 0 saturated heterocycles. The van der Waals surface area contributed by atoms with Crippen molar-refractivity contribution in [2.24, 2.45) is 0 Å². The summed E-state index contributed by atoms with van der Waals surface area (Å²) < 4.78 is 2.38. The maximum absolute atomic E-state index is 2.62. The molecule has 0 bridgehead atoms. The molecule has 3 aliphatic carbocycles. The minimum Gasteiger partial charge on any atom is -0.342 e. The second-order valence-electron chi connectivity index (χ2n) is 11.9. The van der Waals surface area contributed by atoms with Gasteiger partial charge >= 0.3 is 0 Å². The predicted octanol–water partition coefficient (Wildman–Crippen LogP) is 10.8. The van der Waals surface area contributed by atoms with Crippen LogP contribution in [-0.4, -0.2) is 15.5 Å². The van der Waals surface area contributed by atoms with Crippen LogP contribution in [0.5, 0.6) is 0 Å². The van der Waals surface area contributed by atoms with Gasteiger partial charge in [0.1, 0.15) is 0 Å². The van der Waals surface area contributed by atoms with Crippen LogP contribution in [0.3, 0.4) is 0 Å². The fourth-order valence-corrected chi connectivity index (χ4v) is 7.14. The molecule has 0 amide bonds. The van der Waals surface area contributed by atoms with Crippen molar-refractivity contribution in [2.75, 3.05) is 0 Å². The highest BCUT2D eigenvalue weighted by molar-refractivity contribution is 6.09. The maximum atomic E-state index is 2.62. The smallest absolute Gasteiger partial charge is 0.0554 e. The highest BCUT2D eigenvalue weighted by atomic mass is 15.2. The van der Waals surface area contributed by atoms with Crippen LogP contribution < -0.4 is 0 Å². The molecule has 1 atom stereocenters. The van der Waals surface area contributed by atoms with Gasteiger partial charge in [0.15, 0.2) is 0 Å². The van der Waals surface area contributed by atoms with Gasteiger partial charge in [-0.2, -0.15) is 0 Å². The summed E-state index contributed by atoms with van der Waals surface area (Å²) in [7, 11) is 0. The van der Waals surface area contributed by atoms with E-state index in [-0.39, 0.29) is 0 Å². The lowest BCUT2D eigenvalue weighted by Gasteiger charge is -2.38. The molecule has 0 fully saturated rings. The van der Waals surface area contributed by atoms with Gasteiger partial charge < -0.3 is 9.47 Å². The lowest BCUT2D eigenvalue weighted by atomic mass is 9.91. The van der Waals surface area contributed by atoms with Crippen LogP contribution >= 0.6 is 0 Å². The third-order valence-electron chi connectivity index (χ3n) is 9.33. The van der Waals surface area contributed by atoms with E-state index >= 15 is 0 Å². The van der Waals surface area contributed by atoms with Gasteiger partial charge in [0.2, 0.25) is 0 Å². The van der Waals surface area contributed by atoms with Gasteiger partial charge in [-0.1, -0.05) is 115 Å². The van der Waals surface area contributed by atoms with E-state index in [2.05, 4.69) is 161 Å². The van der Waals surface area contributed by atoms with Gasteiger partial charge in [-0.15, -0.1) is 0 Å². The molecule has 0 radical (unpaired) electrons. The Hall–Kier alpha value is -5.08. The number of fused-ring (bicyclic) bond motifs is 3. The lowest BCUT2D eigenvalue weighted by Crippen LogP contribution is -2.34. The van der Waals surface area contributed by atoms with Crippen LogP contribution in [0, 0.1) is 0 Å². The SMILES string of the molecule is C1=CCCC(N(C2=CC=C(c3ccccc3)CC2)C2C=CC(c3ccc(-n4c5ccccc5c5ccccc54)cc3)=CC2)=C1. The van der Waals surface area contributed by atoms with E-state index < -0.39 is 0 Å². The van der Waals surface area contributed by atoms with E-state index in [1.807, 2.05) is 0 Å². The van der Waals surface area contributed by atoms with Crippen molar-refractivity contribution in [2.45, 2.75) is 38.1 Å². The van der Waals surface area contributed by atoms with Crippen LogP contribution in [0.1, 0.15) is 43.2 Å². The Balaban J connectivity index is 1.06. The molecule has 1 unspecified atom stereocenters. The number of nitrogens with zero attached hydrogens (tertiary/aromatic N) is 2. The average Bonchev–Trinajstić information content (AvgIpc) is 3.44. The predicted molar refractivity (Wildman–Crippen MR) is 186 cm³/mol. The molecule has 214 valence electrons. The van der Waals surface area contributed by atoms with E-state index in [0.29, 0.717) is 6.04 Å². The van der Waals surface area contributed by atoms with Gasteiger partial charge in [-0.25, -0.2) is 0 Å². The van der Waals surface area contributed by atoms with Crippen molar-refractivity contribution in [3.63, 3.8) is 0 Å². The average molecular weight is 569 g/mol. The molecule has 8 rings (SSSR count). The molecule has 44 heavy (non-hydrogen) atoms. The Kier molecular flexibility index (Phi) is 6.96. The number of aromatic nitrogens is 1. The van der Waals surface area contributed by atoms with Crippen molar-refractivity contribution in [3.05, 3.63) is 174 Å². The molecule has 0 saturated carbocycles. The first-order valence-corrected chi connectivity index (χ1v) is 15.9. The van der Waals surface area contributed by atoms with Crippen LogP contribution in [0.15, 0.2) is 163 Å². The number of allylic oxidation sites excluding steroid dienone is 10. The Bertz CT molecular complexity index is 1970. The Morgan fingerprint density at radius 2 is 1.32 bits per heavy atom. The molecular formula is C42H36N2. The first kappa shape index (κ1) is 26.5. The van der Waals surface area contributed by atoms with Gasteiger partial charge in [-0.05, 0) is 90.8 Å². The molecule has 0 N–H and O–H groups in total. The highest BCUT2D eigenvalue weighted by Gasteiger charge is 2.25. The van der Waals surface area contributed by atoms with Crippen molar-refractivity contribution >= 4 is 33.0 Å². The number of hydrogen-bond donors (Lipinski definition) is 0. The van der Waals surface area contributed by atoms with Crippen molar-refractivity contribution < 1.29 is 0 Å². The van der Waals surface area contributed by atoms with Gasteiger partial charge in [0.25, 0.3) is 0 Å². The van der Waals surface area contributed by atoms with Crippen LogP contribution in [0.2, 0.25) is 0 Å². The lowest BCUT2D eigenvalue weighted by molar-refractivity contribution is 0.337. The minimum atomic E-state index is 0.325. The molecule has 4 aromatic carbocycles. The standard InChI is InChI=1S/C42H36N2/c1-3-11-31(12-4-1)32-19-25-36(26-20-32)43(35-13-5-2-6-14-35)37-27-21-33(22-28-37)34-23-29-38(30-24-34)44-41-17-9-7-15-39(41)40-16-8-10-18-42(40)44/h1-5,7-13,15-19,21-25,27,29-30,37H,6,14,20,26,28H2. The van der Waals surface area contributed by atoms with Gasteiger partial charge in [-0.3, -0.25) is 0 Å². The molecule has 2 heteroatoms. The summed E-state index contributed by atoms with van der Waals surface area (Å²) in [6, 6.07) is 37.6. The Morgan fingerprint density at radius 3 is 1.95 bits per heavy atom. The summed E-state index contributed by atoms with van der Waals surface area (Å²) in [5.74, 6) is 0. The number of hydrogen-bond acceptors (Lipinski definition) is 1. The quantitative estimate of drug-likeness (QED) is 0.198. The first-order valence-electron chi connectivity index (χ1n) is 15.9. The second kappa shape index (κ2) is 11.5. The van der Waals surface area contributed by atoms with E-state index in [1.165, 1.54) is 61.2 Å². The molecule has 0 spiro atoms. The maximum Gasteiger partial charge on any atom is 0.0554 e. The third kappa shape index (κ3) is 4.87. The highest BCUT2D eigenvalue weighted by Crippen LogP contribution is 2.37. The molecular weight excluding hydrogens is 532 g/mol. The summed E-state index contributed by atoms with van der Waals surface area (Å²) >= 11 is 0. The van der Waals surface area contributed by atoms with Crippen LogP contribution in [-0.2, 0) is 0 Å². The van der Waals surface area contributed by atoms with E-state index in [9.17, 15) is 0 Å². The summed E-state index contributed by atoms with van der Waals surface area (Å²) in [4.78, 5) is 2.62. The summed E-state index contributed by atoms with van der Waals surface area (Å²) in [6.07, 6.45) is 24.1. The summed E-state index contributed by atoms with van der Waals surface area (Å²) in [6.45, 7) is 0. The molecule has 3 aliphatic rings. The van der Waals surface area contributed by atoms with Crippen molar-refractivity contribution in [1.29, 1.82) is 0 Å². The molecule has 1 aromatic heterocycles. The van der Waals surface area contributed by atoms with Crippen molar-refractivity contribution in [1.82, 2.24) is 9.47 Å². The van der Waals surface area contributed by atoms with E-state index in [1.54, 1.807) is 0 Å². The van der Waals surface area contributed by atoms with Crippen molar-refractivity contribution in [3.8, 4) is 5.69 Å². The number of benzene rings is 4. The Morgan fingerprint density at radius 1 is 0.614 bits per heavy atom. The first-order chi connectivity index (χ1) is 21.8. The zero-order valence-electron chi connectivity index (χ0n) is 24.9. The molecule has 5 aromatic rings. The fraction of sp³-hybridized carbons (Fsp3) is 0.143.